The van der Waals surface area contributed by atoms with Crippen LogP contribution < -0.4 is 11.1 Å². The summed E-state index contributed by atoms with van der Waals surface area (Å²) in [5.74, 6) is 1.34. The third-order valence-electron chi connectivity index (χ3n) is 2.97. The van der Waals surface area contributed by atoms with Gasteiger partial charge in [0.05, 0.1) is 5.54 Å². The van der Waals surface area contributed by atoms with Crippen molar-refractivity contribution in [2.75, 3.05) is 18.6 Å². The number of nitrogens with one attached hydrogen (secondary N) is 1. The van der Waals surface area contributed by atoms with Crippen molar-refractivity contribution in [3.8, 4) is 0 Å². The zero-order chi connectivity index (χ0) is 12.1. The van der Waals surface area contributed by atoms with Crippen LogP contribution in [0.4, 0.5) is 0 Å². The molecule has 3 nitrogen and oxygen atoms in total. The van der Waals surface area contributed by atoms with Gasteiger partial charge in [0.15, 0.2) is 0 Å². The van der Waals surface area contributed by atoms with Crippen LogP contribution in [0.3, 0.4) is 0 Å². The molecule has 0 fully saturated rings. The SMILES string of the molecule is CSCC(C)C(=O)NC(C)(CN)C(C)C. The van der Waals surface area contributed by atoms with Gasteiger partial charge in [-0.2, -0.15) is 11.8 Å². The van der Waals surface area contributed by atoms with Gasteiger partial charge in [-0.25, -0.2) is 0 Å². The van der Waals surface area contributed by atoms with Crippen molar-refractivity contribution in [3.63, 3.8) is 0 Å². The topological polar surface area (TPSA) is 55.1 Å². The van der Waals surface area contributed by atoms with Crippen LogP contribution in [0.5, 0.6) is 0 Å². The second-order valence-corrected chi connectivity index (χ2v) is 5.53. The molecule has 0 aromatic rings. The number of carbonyl (C=O) groups excluding carboxylic acids is 1. The molecule has 3 N–H and O–H groups in total. The smallest absolute Gasteiger partial charge is 0.224 e. The number of nitrogens with two attached hydrogens (primary N) is 1. The first-order valence-corrected chi connectivity index (χ1v) is 6.77. The Morgan fingerprint density at radius 3 is 2.33 bits per heavy atom. The number of rotatable bonds is 6. The predicted molar refractivity (Wildman–Crippen MR) is 68.0 cm³/mol. The van der Waals surface area contributed by atoms with E-state index in [1.807, 2.05) is 20.1 Å². The van der Waals surface area contributed by atoms with Gasteiger partial charge >= 0.3 is 0 Å². The summed E-state index contributed by atoms with van der Waals surface area (Å²) in [7, 11) is 0. The van der Waals surface area contributed by atoms with Crippen LogP contribution in [0.1, 0.15) is 27.7 Å². The maximum Gasteiger partial charge on any atom is 0.224 e. The standard InChI is InChI=1S/C11H24N2OS/c1-8(2)11(4,7-12)13-10(14)9(3)6-15-5/h8-9H,6-7,12H2,1-5H3,(H,13,14). The molecule has 90 valence electrons. The highest BCUT2D eigenvalue weighted by Gasteiger charge is 2.29. The summed E-state index contributed by atoms with van der Waals surface area (Å²) in [5.41, 5.74) is 5.42. The number of hydrogen-bond acceptors (Lipinski definition) is 3. The van der Waals surface area contributed by atoms with Gasteiger partial charge in [-0.15, -0.1) is 0 Å². The molecule has 2 atom stereocenters. The lowest BCUT2D eigenvalue weighted by Crippen LogP contribution is -2.56. The normalized spacial score (nSPS) is 17.3. The highest BCUT2D eigenvalue weighted by molar-refractivity contribution is 7.98. The molecule has 0 saturated carbocycles. The zero-order valence-electron chi connectivity index (χ0n) is 10.5. The lowest BCUT2D eigenvalue weighted by Gasteiger charge is -2.34. The van der Waals surface area contributed by atoms with Gasteiger partial charge in [0.1, 0.15) is 0 Å². The van der Waals surface area contributed by atoms with Crippen LogP contribution in [0.15, 0.2) is 0 Å². The molecule has 0 saturated heterocycles. The van der Waals surface area contributed by atoms with E-state index in [4.69, 9.17) is 5.73 Å². The minimum Gasteiger partial charge on any atom is -0.349 e. The van der Waals surface area contributed by atoms with Crippen molar-refractivity contribution >= 4 is 17.7 Å². The van der Waals surface area contributed by atoms with Crippen molar-refractivity contribution in [2.24, 2.45) is 17.6 Å². The van der Waals surface area contributed by atoms with Crippen molar-refractivity contribution < 1.29 is 4.79 Å². The van der Waals surface area contributed by atoms with Crippen LogP contribution in [0, 0.1) is 11.8 Å². The van der Waals surface area contributed by atoms with Crippen LogP contribution in [0.2, 0.25) is 0 Å². The number of thioether (sulfide) groups is 1. The van der Waals surface area contributed by atoms with Gasteiger partial charge < -0.3 is 11.1 Å². The first-order chi connectivity index (χ1) is 6.87. The Kier molecular flexibility index (Phi) is 6.29. The van der Waals surface area contributed by atoms with Gasteiger partial charge in [-0.3, -0.25) is 4.79 Å². The monoisotopic (exact) mass is 232 g/mol. The first kappa shape index (κ1) is 14.8. The molecule has 0 bridgehead atoms. The minimum absolute atomic E-state index is 0.0459. The summed E-state index contributed by atoms with van der Waals surface area (Å²) in [6, 6.07) is 0. The molecule has 1 amide bonds. The van der Waals surface area contributed by atoms with Crippen LogP contribution in [-0.4, -0.2) is 30.0 Å². The Balaban J connectivity index is 4.36. The first-order valence-electron chi connectivity index (χ1n) is 5.38. The molecule has 0 radical (unpaired) electrons. The maximum absolute atomic E-state index is 11.8. The van der Waals surface area contributed by atoms with Gasteiger partial charge in [-0.05, 0) is 19.1 Å². The summed E-state index contributed by atoms with van der Waals surface area (Å²) in [4.78, 5) is 11.8. The van der Waals surface area contributed by atoms with Crippen molar-refractivity contribution in [1.82, 2.24) is 5.32 Å². The fourth-order valence-corrected chi connectivity index (χ4v) is 1.81. The van der Waals surface area contributed by atoms with E-state index in [2.05, 4.69) is 19.2 Å². The molecule has 2 unspecified atom stereocenters. The molecular weight excluding hydrogens is 208 g/mol. The Labute approximate surface area is 97.6 Å². The van der Waals surface area contributed by atoms with Crippen molar-refractivity contribution in [3.05, 3.63) is 0 Å². The lowest BCUT2D eigenvalue weighted by molar-refractivity contribution is -0.126. The van der Waals surface area contributed by atoms with E-state index in [0.717, 1.165) is 5.75 Å². The molecule has 15 heavy (non-hydrogen) atoms. The number of hydrogen-bond donors (Lipinski definition) is 2. The molecule has 0 aromatic carbocycles. The number of amides is 1. The van der Waals surface area contributed by atoms with E-state index >= 15 is 0 Å². The van der Waals surface area contributed by atoms with Crippen molar-refractivity contribution in [1.29, 1.82) is 0 Å². The minimum atomic E-state index is -0.288. The van der Waals surface area contributed by atoms with Gasteiger partial charge in [-0.1, -0.05) is 20.8 Å². The van der Waals surface area contributed by atoms with E-state index in [1.165, 1.54) is 0 Å². The summed E-state index contributed by atoms with van der Waals surface area (Å²) in [6.45, 7) is 8.58. The maximum atomic E-state index is 11.8. The van der Waals surface area contributed by atoms with Crippen LogP contribution in [0.25, 0.3) is 0 Å². The summed E-state index contributed by atoms with van der Waals surface area (Å²) < 4.78 is 0. The summed E-state index contributed by atoms with van der Waals surface area (Å²) in [6.07, 6.45) is 2.01. The third kappa shape index (κ3) is 4.43. The molecule has 0 aliphatic rings. The average molecular weight is 232 g/mol. The molecule has 0 spiro atoms. The molecule has 0 aliphatic carbocycles. The predicted octanol–water partition coefficient (Wildman–Crippen LogP) is 1.48. The largest absolute Gasteiger partial charge is 0.349 e. The van der Waals surface area contributed by atoms with Gasteiger partial charge in [0, 0.05) is 18.2 Å². The molecule has 0 aliphatic heterocycles. The van der Waals surface area contributed by atoms with E-state index in [-0.39, 0.29) is 17.4 Å². The van der Waals surface area contributed by atoms with Crippen LogP contribution in [-0.2, 0) is 4.79 Å². The molecular formula is C11H24N2OS. The highest BCUT2D eigenvalue weighted by atomic mass is 32.2. The van der Waals surface area contributed by atoms with E-state index < -0.39 is 0 Å². The Bertz CT molecular complexity index is 209. The molecule has 4 heteroatoms. The number of carbonyl (C=O) groups is 1. The Morgan fingerprint density at radius 1 is 1.47 bits per heavy atom. The quantitative estimate of drug-likeness (QED) is 0.729. The average Bonchev–Trinajstić information content (AvgIpc) is 2.17. The van der Waals surface area contributed by atoms with E-state index in [0.29, 0.717) is 12.5 Å². The van der Waals surface area contributed by atoms with Gasteiger partial charge in [0.25, 0.3) is 0 Å². The second kappa shape index (κ2) is 6.38. The Morgan fingerprint density at radius 2 is 2.00 bits per heavy atom. The zero-order valence-corrected chi connectivity index (χ0v) is 11.3. The summed E-state index contributed by atoms with van der Waals surface area (Å²) >= 11 is 1.69. The molecule has 0 aromatic heterocycles. The fourth-order valence-electron chi connectivity index (χ4n) is 1.16. The fraction of sp³-hybridized carbons (Fsp3) is 0.909. The third-order valence-corrected chi connectivity index (χ3v) is 3.80. The molecule has 0 rings (SSSR count). The Hall–Kier alpha value is -0.220. The van der Waals surface area contributed by atoms with Gasteiger partial charge in [0.2, 0.25) is 5.91 Å². The van der Waals surface area contributed by atoms with Crippen molar-refractivity contribution in [2.45, 2.75) is 33.2 Å². The second-order valence-electron chi connectivity index (χ2n) is 4.62. The van der Waals surface area contributed by atoms with E-state index in [9.17, 15) is 4.79 Å². The van der Waals surface area contributed by atoms with Crippen LogP contribution >= 0.6 is 11.8 Å². The summed E-state index contributed by atoms with van der Waals surface area (Å²) in [5, 5.41) is 3.05. The molecule has 0 heterocycles. The highest BCUT2D eigenvalue weighted by Crippen LogP contribution is 2.16. The lowest BCUT2D eigenvalue weighted by atomic mass is 9.88. The van der Waals surface area contributed by atoms with E-state index in [1.54, 1.807) is 11.8 Å².